The topological polar surface area (TPSA) is 38.8 Å². The number of fused-ring (bicyclic) bond motifs is 1. The maximum absolute atomic E-state index is 13.0. The minimum absolute atomic E-state index is 0.304. The molecule has 168 valence electrons. The number of hydrogen-bond acceptors (Lipinski definition) is 4. The van der Waals surface area contributed by atoms with Crippen LogP contribution >= 0.6 is 0 Å². The Bertz CT molecular complexity index is 1020. The van der Waals surface area contributed by atoms with E-state index in [4.69, 9.17) is 9.47 Å². The molecule has 0 N–H and O–H groups in total. The second-order valence-electron chi connectivity index (χ2n) is 10.4. The second kappa shape index (κ2) is 7.71. The molecule has 3 aliphatic carbocycles. The summed E-state index contributed by atoms with van der Waals surface area (Å²) in [4.78, 5) is 15.7. The van der Waals surface area contributed by atoms with Crippen LogP contribution < -0.4 is 4.74 Å². The molecule has 2 aromatic carbocycles. The zero-order valence-corrected chi connectivity index (χ0v) is 19.0. The van der Waals surface area contributed by atoms with Crippen molar-refractivity contribution in [3.05, 3.63) is 65.2 Å². The Morgan fingerprint density at radius 2 is 1.91 bits per heavy atom. The highest BCUT2D eigenvalue weighted by Crippen LogP contribution is 2.61. The molecule has 0 aromatic heterocycles. The fourth-order valence-electron chi connectivity index (χ4n) is 7.04. The smallest absolute Gasteiger partial charge is 0.134 e. The molecule has 1 aliphatic heterocycles. The van der Waals surface area contributed by atoms with Gasteiger partial charge in [0.1, 0.15) is 11.5 Å². The number of likely N-dealkylation sites (tertiary alicyclic amines) is 1. The summed E-state index contributed by atoms with van der Waals surface area (Å²) in [5, 5.41) is 0. The molecule has 32 heavy (non-hydrogen) atoms. The summed E-state index contributed by atoms with van der Waals surface area (Å²) < 4.78 is 13.0. The van der Waals surface area contributed by atoms with E-state index in [1.165, 1.54) is 36.1 Å². The van der Waals surface area contributed by atoms with Gasteiger partial charge in [-0.15, -0.1) is 0 Å². The van der Waals surface area contributed by atoms with Crippen LogP contribution in [0.2, 0.25) is 0 Å². The number of rotatable bonds is 6. The molecule has 3 atom stereocenters. The van der Waals surface area contributed by atoms with Crippen molar-refractivity contribution in [2.75, 3.05) is 20.2 Å². The zero-order valence-electron chi connectivity index (χ0n) is 19.0. The summed E-state index contributed by atoms with van der Waals surface area (Å²) >= 11 is 0. The average molecular weight is 432 g/mol. The molecule has 0 unspecified atom stereocenters. The summed E-state index contributed by atoms with van der Waals surface area (Å²) in [5.41, 5.74) is 3.15. The van der Waals surface area contributed by atoms with Crippen LogP contribution in [0.1, 0.15) is 55.2 Å². The first-order chi connectivity index (χ1) is 15.6. The molecule has 6 rings (SSSR count). The van der Waals surface area contributed by atoms with E-state index in [1.807, 2.05) is 0 Å². The van der Waals surface area contributed by atoms with Crippen LogP contribution in [0, 0.1) is 5.92 Å². The van der Waals surface area contributed by atoms with Crippen LogP contribution in [-0.2, 0) is 28.0 Å². The number of carbonyl (C=O) groups is 1. The average Bonchev–Trinajstić information content (AvgIpc) is 3.64. The number of benzene rings is 2. The summed E-state index contributed by atoms with van der Waals surface area (Å²) in [5.74, 6) is 2.14. The molecule has 1 saturated heterocycles. The van der Waals surface area contributed by atoms with Gasteiger partial charge in [-0.05, 0) is 61.8 Å². The van der Waals surface area contributed by atoms with Crippen molar-refractivity contribution in [2.24, 2.45) is 5.92 Å². The van der Waals surface area contributed by atoms with Crippen molar-refractivity contribution in [1.82, 2.24) is 4.90 Å². The molecule has 0 amide bonds. The van der Waals surface area contributed by atoms with E-state index in [0.29, 0.717) is 31.3 Å². The Morgan fingerprint density at radius 3 is 2.69 bits per heavy atom. The molecule has 2 saturated carbocycles. The third-order valence-electron chi connectivity index (χ3n) is 8.64. The van der Waals surface area contributed by atoms with Crippen LogP contribution in [0.3, 0.4) is 0 Å². The van der Waals surface area contributed by atoms with Gasteiger partial charge in [0.05, 0.1) is 19.3 Å². The number of piperidine rings is 1. The van der Waals surface area contributed by atoms with Crippen molar-refractivity contribution in [1.29, 1.82) is 0 Å². The highest BCUT2D eigenvalue weighted by molar-refractivity contribution is 5.83. The quantitative estimate of drug-likeness (QED) is 0.666. The van der Waals surface area contributed by atoms with E-state index < -0.39 is 0 Å². The number of ketones is 1. The molecule has 4 aliphatic rings. The second-order valence-corrected chi connectivity index (χ2v) is 10.4. The molecular formula is C28H33NO3. The van der Waals surface area contributed by atoms with Crippen molar-refractivity contribution < 1.29 is 14.3 Å². The first kappa shape index (κ1) is 20.4. The van der Waals surface area contributed by atoms with Gasteiger partial charge in [-0.1, -0.05) is 42.5 Å². The van der Waals surface area contributed by atoms with Gasteiger partial charge in [0.25, 0.3) is 0 Å². The van der Waals surface area contributed by atoms with Gasteiger partial charge in [-0.25, -0.2) is 0 Å². The van der Waals surface area contributed by atoms with Crippen molar-refractivity contribution in [3.8, 4) is 5.75 Å². The Kier molecular flexibility index (Phi) is 4.92. The summed E-state index contributed by atoms with van der Waals surface area (Å²) in [7, 11) is 1.76. The molecule has 3 fully saturated rings. The van der Waals surface area contributed by atoms with Gasteiger partial charge in [-0.3, -0.25) is 9.69 Å². The minimum atomic E-state index is -0.356. The summed E-state index contributed by atoms with van der Waals surface area (Å²) in [6, 6.07) is 17.3. The Labute approximate surface area is 190 Å². The van der Waals surface area contributed by atoms with Gasteiger partial charge in [0.15, 0.2) is 0 Å². The summed E-state index contributed by atoms with van der Waals surface area (Å²) in [6.45, 7) is 2.81. The molecule has 4 heteroatoms. The lowest BCUT2D eigenvalue weighted by Gasteiger charge is -2.65. The first-order valence-electron chi connectivity index (χ1n) is 12.3. The number of hydrogen-bond donors (Lipinski definition) is 0. The first-order valence-corrected chi connectivity index (χ1v) is 12.3. The lowest BCUT2D eigenvalue weighted by Crippen LogP contribution is -2.74. The fourth-order valence-corrected chi connectivity index (χ4v) is 7.04. The van der Waals surface area contributed by atoms with Crippen LogP contribution in [0.4, 0.5) is 0 Å². The van der Waals surface area contributed by atoms with Gasteiger partial charge >= 0.3 is 0 Å². The van der Waals surface area contributed by atoms with E-state index in [0.717, 1.165) is 37.5 Å². The van der Waals surface area contributed by atoms with E-state index in [9.17, 15) is 4.79 Å². The lowest BCUT2D eigenvalue weighted by atomic mass is 9.49. The molecule has 0 radical (unpaired) electrons. The van der Waals surface area contributed by atoms with Gasteiger partial charge < -0.3 is 9.47 Å². The van der Waals surface area contributed by atoms with Gasteiger partial charge in [0, 0.05) is 36.4 Å². The predicted octanol–water partition coefficient (Wildman–Crippen LogP) is 4.68. The van der Waals surface area contributed by atoms with Crippen LogP contribution in [0.25, 0.3) is 0 Å². The monoisotopic (exact) mass is 431 g/mol. The van der Waals surface area contributed by atoms with Gasteiger partial charge in [0.2, 0.25) is 0 Å². The Balaban J connectivity index is 1.49. The Morgan fingerprint density at radius 1 is 1.06 bits per heavy atom. The minimum Gasteiger partial charge on any atom is -0.496 e. The predicted molar refractivity (Wildman–Crippen MR) is 124 cm³/mol. The number of nitrogens with zero attached hydrogens (tertiary/aromatic N) is 1. The largest absolute Gasteiger partial charge is 0.496 e. The molecule has 4 nitrogen and oxygen atoms in total. The highest BCUT2D eigenvalue weighted by atomic mass is 16.5. The molecular weight excluding hydrogens is 398 g/mol. The van der Waals surface area contributed by atoms with Crippen LogP contribution in [0.15, 0.2) is 48.5 Å². The van der Waals surface area contributed by atoms with Crippen LogP contribution in [0.5, 0.6) is 5.75 Å². The van der Waals surface area contributed by atoms with Crippen molar-refractivity contribution >= 4 is 5.78 Å². The summed E-state index contributed by atoms with van der Waals surface area (Å²) in [6.07, 6.45) is 6.65. The molecule has 2 bridgehead atoms. The van der Waals surface area contributed by atoms with Crippen molar-refractivity contribution in [2.45, 2.75) is 68.6 Å². The number of ether oxygens (including phenoxy) is 2. The SMILES string of the molecule is COc1cccc2c1[C@]13CCN(CC4CC4)[C@H](C2)[C@]1(OCc1ccccc1)CCC(=O)C3. The number of methoxy groups -OCH3 is 1. The molecule has 0 spiro atoms. The van der Waals surface area contributed by atoms with Crippen LogP contribution in [-0.4, -0.2) is 42.5 Å². The lowest BCUT2D eigenvalue weighted by molar-refractivity contribution is -0.206. The van der Waals surface area contributed by atoms with E-state index in [-0.39, 0.29) is 11.0 Å². The third-order valence-corrected chi connectivity index (χ3v) is 8.64. The normalized spacial score (nSPS) is 31.7. The van der Waals surface area contributed by atoms with E-state index >= 15 is 0 Å². The Hall–Kier alpha value is -2.17. The standard InChI is InChI=1S/C28H33NO3/c1-31-24-9-5-8-22-16-25-28(32-19-21-6-3-2-4-7-21)13-12-23(30)17-27(28,26(22)24)14-15-29(25)18-20-10-11-20/h2-9,20,25H,10-19H2,1H3/t25-,27-,28-/m1/s1. The zero-order chi connectivity index (χ0) is 21.8. The van der Waals surface area contributed by atoms with Gasteiger partial charge in [-0.2, -0.15) is 0 Å². The number of carbonyl (C=O) groups excluding carboxylic acids is 1. The molecule has 2 aromatic rings. The maximum atomic E-state index is 13.0. The van der Waals surface area contributed by atoms with Crippen molar-refractivity contribution in [3.63, 3.8) is 0 Å². The number of Topliss-reactive ketones (excluding diaryl/α,β-unsaturated/α-hetero) is 1. The fraction of sp³-hybridized carbons (Fsp3) is 0.536. The third kappa shape index (κ3) is 3.07. The maximum Gasteiger partial charge on any atom is 0.134 e. The highest BCUT2D eigenvalue weighted by Gasteiger charge is 2.67. The molecule has 1 heterocycles. The van der Waals surface area contributed by atoms with E-state index in [2.05, 4.69) is 53.4 Å². The van der Waals surface area contributed by atoms with E-state index in [1.54, 1.807) is 7.11 Å².